The Morgan fingerprint density at radius 2 is 1.70 bits per heavy atom. The summed E-state index contributed by atoms with van der Waals surface area (Å²) in [5.41, 5.74) is 9.18. The average molecular weight is 962 g/mol. The Balaban J connectivity index is 1.09. The molecule has 0 unspecified atom stereocenters. The van der Waals surface area contributed by atoms with Crippen LogP contribution in [-0.4, -0.2) is 81.8 Å². The third-order valence-electron chi connectivity index (χ3n) is 14.9. The van der Waals surface area contributed by atoms with Crippen LogP contribution in [0.5, 0.6) is 0 Å². The molecule has 0 spiro atoms. The van der Waals surface area contributed by atoms with E-state index in [2.05, 4.69) is 40.5 Å². The molecule has 15 nitrogen and oxygen atoms in total. The first-order valence-corrected chi connectivity index (χ1v) is 25.1. The molecular formula is C51H57F2N9O6S. The topological polar surface area (TPSA) is 188 Å². The third-order valence-corrected chi connectivity index (χ3v) is 17.9. The lowest BCUT2D eigenvalue weighted by atomic mass is 9.83. The van der Waals surface area contributed by atoms with Crippen LogP contribution in [0.1, 0.15) is 111 Å². The standard InChI is InChI=1S/C51H57F2N9O6S/c1-27-21-35(22-28(2)43(27)52)56-45(61-19-18-60(49(61)65)39-13-14-41(30(4)44(39)53)69(66,55-8)36-10-11-36)42-31(5)59(17-15-37(42)54)46(63)40-24-34-23-32(33-16-20-67-50(6,7)26-33)9-12-38(34)62(40)51(25-29(51)3)47-57-48(64)68-58-47/h9,12-14,18-19,21-24,29,31,33,36H,10-11,15-17,20,25-26,54H2,1-8H3,(H,57,58,64)/t29-,31-,33-,51-,69-/m0/s1. The Morgan fingerprint density at radius 1 is 0.971 bits per heavy atom. The van der Waals surface area contributed by atoms with Gasteiger partial charge in [-0.15, -0.1) is 0 Å². The molecule has 5 atom stereocenters. The minimum absolute atomic E-state index is 0.0349. The van der Waals surface area contributed by atoms with E-state index < -0.39 is 44.4 Å². The second-order valence-corrected chi connectivity index (χ2v) is 22.5. The van der Waals surface area contributed by atoms with Gasteiger partial charge in [-0.05, 0) is 145 Å². The van der Waals surface area contributed by atoms with Crippen molar-refractivity contribution in [2.45, 2.75) is 120 Å². The normalized spacial score (nSPS) is 23.7. The van der Waals surface area contributed by atoms with Crippen LogP contribution < -0.4 is 17.2 Å². The fourth-order valence-electron chi connectivity index (χ4n) is 11.0. The van der Waals surface area contributed by atoms with Crippen LogP contribution in [-0.2, 0) is 20.0 Å². The number of imidazole rings is 1. The van der Waals surface area contributed by atoms with Crippen molar-refractivity contribution in [2.75, 3.05) is 20.2 Å². The summed E-state index contributed by atoms with van der Waals surface area (Å²) in [5, 5.41) is 4.85. The number of nitrogens with zero attached hydrogens (tertiary/aromatic N) is 7. The smallest absolute Gasteiger partial charge is 0.402 e. The highest BCUT2D eigenvalue weighted by Crippen LogP contribution is 2.56. The van der Waals surface area contributed by atoms with Crippen molar-refractivity contribution in [1.82, 2.24) is 28.7 Å². The molecule has 3 fully saturated rings. The summed E-state index contributed by atoms with van der Waals surface area (Å²) in [6.45, 7) is 13.7. The molecule has 0 radical (unpaired) electrons. The predicted octanol–water partition coefficient (Wildman–Crippen LogP) is 8.27. The molecule has 0 bridgehead atoms. The van der Waals surface area contributed by atoms with Crippen molar-refractivity contribution in [2.24, 2.45) is 21.0 Å². The molecule has 1 saturated heterocycles. The molecule has 18 heteroatoms. The predicted molar refractivity (Wildman–Crippen MR) is 259 cm³/mol. The quantitative estimate of drug-likeness (QED) is 0.107. The van der Waals surface area contributed by atoms with Crippen LogP contribution in [0, 0.1) is 38.3 Å². The largest absolute Gasteiger partial charge is 0.438 e. The number of benzene rings is 3. The highest BCUT2D eigenvalue weighted by atomic mass is 32.2. The first-order chi connectivity index (χ1) is 32.8. The van der Waals surface area contributed by atoms with Crippen molar-refractivity contribution < 1.29 is 27.0 Å². The molecule has 3 aromatic heterocycles. The number of ether oxygens (including phenoxy) is 1. The molecule has 2 aliphatic heterocycles. The van der Waals surface area contributed by atoms with Gasteiger partial charge in [0.1, 0.15) is 22.9 Å². The van der Waals surface area contributed by atoms with Crippen LogP contribution in [0.15, 0.2) is 101 Å². The highest BCUT2D eigenvalue weighted by molar-refractivity contribution is 7.94. The SMILES string of the molecule is CN=[S@@](=O)(c1ccc(-n2ccn(C(=Nc3cc(C)c(F)c(C)c3)C3=C(N)CCN(C(=O)c4cc5cc([C@H]6CCOC(C)(C)C6)ccc5n4[C@@]4(c5noc(=O)[nH]5)C[C@@H]4C)[C@H]3C)c2=O)c(F)c1C)C1CC1. The van der Waals surface area contributed by atoms with Crippen LogP contribution in [0.3, 0.4) is 0 Å². The van der Waals surface area contributed by atoms with E-state index in [4.69, 9.17) is 20.0 Å². The van der Waals surface area contributed by atoms with Gasteiger partial charge in [0.25, 0.3) is 5.91 Å². The van der Waals surface area contributed by atoms with Gasteiger partial charge >= 0.3 is 11.4 Å². The van der Waals surface area contributed by atoms with Gasteiger partial charge in [-0.3, -0.25) is 23.4 Å². The van der Waals surface area contributed by atoms with E-state index in [-0.39, 0.29) is 58.6 Å². The minimum Gasteiger partial charge on any atom is -0.402 e. The van der Waals surface area contributed by atoms with E-state index in [1.807, 2.05) is 30.5 Å². The fourth-order valence-corrected chi connectivity index (χ4v) is 13.4. The number of hydrogen-bond acceptors (Lipinski definition) is 10. The van der Waals surface area contributed by atoms with Gasteiger partial charge in [0.15, 0.2) is 11.6 Å². The fraction of sp³-hybridized carbons (Fsp3) is 0.431. The highest BCUT2D eigenvalue weighted by Gasteiger charge is 2.59. The first kappa shape index (κ1) is 46.3. The summed E-state index contributed by atoms with van der Waals surface area (Å²) in [6.07, 6.45) is 6.84. The summed E-state index contributed by atoms with van der Waals surface area (Å²) >= 11 is 0. The molecule has 4 aliphatic rings. The average Bonchev–Trinajstić information content (AvgIpc) is 4.14. The van der Waals surface area contributed by atoms with Gasteiger partial charge in [-0.25, -0.2) is 31.9 Å². The number of aliphatic imine (C=N–C) groups is 1. The number of aryl methyl sites for hydroxylation is 2. The summed E-state index contributed by atoms with van der Waals surface area (Å²) in [5.74, 6) is -1.55. The molecule has 3 N–H and O–H groups in total. The Bertz CT molecular complexity index is 3410. The minimum atomic E-state index is -2.86. The zero-order valence-electron chi connectivity index (χ0n) is 40.1. The molecule has 1 amide bonds. The zero-order chi connectivity index (χ0) is 49.1. The summed E-state index contributed by atoms with van der Waals surface area (Å²) in [6, 6.07) is 13.5. The summed E-state index contributed by atoms with van der Waals surface area (Å²) in [4.78, 5) is 52.6. The maximum Gasteiger partial charge on any atom is 0.438 e. The van der Waals surface area contributed by atoms with Gasteiger partial charge in [-0.1, -0.05) is 18.1 Å². The molecule has 2 aliphatic carbocycles. The van der Waals surface area contributed by atoms with Crippen molar-refractivity contribution in [1.29, 1.82) is 0 Å². The van der Waals surface area contributed by atoms with Gasteiger partial charge < -0.3 is 19.9 Å². The van der Waals surface area contributed by atoms with E-state index in [0.29, 0.717) is 57.5 Å². The number of fused-ring (bicyclic) bond motifs is 1. The van der Waals surface area contributed by atoms with E-state index in [0.717, 1.165) is 46.7 Å². The number of nitrogens with one attached hydrogen (secondary N) is 1. The second kappa shape index (κ2) is 16.6. The molecule has 69 heavy (non-hydrogen) atoms. The second-order valence-electron chi connectivity index (χ2n) is 19.9. The lowest BCUT2D eigenvalue weighted by Crippen LogP contribution is -2.49. The van der Waals surface area contributed by atoms with Gasteiger partial charge in [-0.2, -0.15) is 0 Å². The summed E-state index contributed by atoms with van der Waals surface area (Å²) in [7, 11) is -1.38. The van der Waals surface area contributed by atoms with Crippen LogP contribution >= 0.6 is 0 Å². The van der Waals surface area contributed by atoms with Crippen molar-refractivity contribution >= 4 is 38.1 Å². The Morgan fingerprint density at radius 3 is 2.33 bits per heavy atom. The number of nitrogens with two attached hydrogens (primary N) is 1. The number of carbonyl (C=O) groups is 1. The first-order valence-electron chi connectivity index (χ1n) is 23.5. The molecule has 2 saturated carbocycles. The Kier molecular flexibility index (Phi) is 11.2. The molecule has 5 heterocycles. The number of carbonyl (C=O) groups excluding carboxylic acids is 1. The van der Waals surface area contributed by atoms with E-state index in [1.54, 1.807) is 36.9 Å². The number of amides is 1. The molecule has 6 aromatic rings. The van der Waals surface area contributed by atoms with Crippen molar-refractivity contribution in [3.05, 3.63) is 139 Å². The summed E-state index contributed by atoms with van der Waals surface area (Å²) < 4.78 is 65.2. The number of aromatic nitrogens is 5. The van der Waals surface area contributed by atoms with Crippen LogP contribution in [0.2, 0.25) is 0 Å². The number of H-pyrrole nitrogens is 1. The maximum absolute atomic E-state index is 16.5. The third kappa shape index (κ3) is 7.61. The number of halogens is 2. The Hall–Kier alpha value is -6.40. The van der Waals surface area contributed by atoms with E-state index in [1.165, 1.54) is 37.0 Å². The molecular weight excluding hydrogens is 905 g/mol. The monoisotopic (exact) mass is 961 g/mol. The number of aromatic amines is 1. The van der Waals surface area contributed by atoms with Gasteiger partial charge in [0.2, 0.25) is 0 Å². The molecule has 10 rings (SSSR count). The van der Waals surface area contributed by atoms with Crippen LogP contribution in [0.4, 0.5) is 14.5 Å². The Labute approximate surface area is 398 Å². The van der Waals surface area contributed by atoms with Crippen molar-refractivity contribution in [3.8, 4) is 5.69 Å². The van der Waals surface area contributed by atoms with Gasteiger partial charge in [0.05, 0.1) is 37.6 Å². The molecule has 362 valence electrons. The maximum atomic E-state index is 16.5. The zero-order valence-corrected chi connectivity index (χ0v) is 40.9. The van der Waals surface area contributed by atoms with E-state index in [9.17, 15) is 13.8 Å². The van der Waals surface area contributed by atoms with Crippen molar-refractivity contribution in [3.63, 3.8) is 0 Å². The lowest BCUT2D eigenvalue weighted by molar-refractivity contribution is -0.0592. The lowest BCUT2D eigenvalue weighted by Gasteiger charge is -2.37. The number of rotatable bonds is 9. The number of hydrogen-bond donors (Lipinski definition) is 2. The van der Waals surface area contributed by atoms with Crippen LogP contribution in [0.25, 0.3) is 16.6 Å². The van der Waals surface area contributed by atoms with Gasteiger partial charge in [0, 0.05) is 72.0 Å². The molecule has 3 aromatic carbocycles. The van der Waals surface area contributed by atoms with E-state index >= 15 is 13.6 Å².